The molecule has 0 radical (unpaired) electrons. The number of hydrogen-bond acceptors (Lipinski definition) is 9. The van der Waals surface area contributed by atoms with Gasteiger partial charge in [-0.25, -0.2) is 0 Å². The minimum atomic E-state index is -4.71. The summed E-state index contributed by atoms with van der Waals surface area (Å²) in [6.45, 7) is 3.70. The Bertz CT molecular complexity index is 1460. The average Bonchev–Trinajstić information content (AvgIpc) is 3.21. The van der Waals surface area contributed by atoms with Crippen LogP contribution in [0.15, 0.2) is 122 Å². The fourth-order valence-electron chi connectivity index (χ4n) is 5.05. The van der Waals surface area contributed by atoms with Crippen LogP contribution < -0.4 is 4.89 Å². The lowest BCUT2D eigenvalue weighted by Crippen LogP contribution is -2.37. The molecule has 0 heterocycles. The summed E-state index contributed by atoms with van der Waals surface area (Å²) in [6, 6.07) is 0. The lowest BCUT2D eigenvalue weighted by molar-refractivity contribution is -0.870. The number of aliphatic hydroxyl groups is 1. The van der Waals surface area contributed by atoms with Crippen LogP contribution in [-0.2, 0) is 32.7 Å². The maximum Gasteiger partial charge on any atom is 0.306 e. The van der Waals surface area contributed by atoms with E-state index in [0.29, 0.717) is 23.9 Å². The van der Waals surface area contributed by atoms with Gasteiger partial charge in [0.15, 0.2) is 6.10 Å². The van der Waals surface area contributed by atoms with Gasteiger partial charge in [-0.15, -0.1) is 0 Å². The first kappa shape index (κ1) is 57.4. The van der Waals surface area contributed by atoms with E-state index in [0.717, 1.165) is 57.8 Å². The van der Waals surface area contributed by atoms with Crippen LogP contribution in [0.3, 0.4) is 0 Å². The highest BCUT2D eigenvalue weighted by atomic mass is 31.2. The van der Waals surface area contributed by atoms with Gasteiger partial charge in [0.05, 0.1) is 33.9 Å². The minimum Gasteiger partial charge on any atom is -0.756 e. The van der Waals surface area contributed by atoms with E-state index < -0.39 is 45.2 Å². The fourth-order valence-corrected chi connectivity index (χ4v) is 5.78. The van der Waals surface area contributed by atoms with Gasteiger partial charge >= 0.3 is 11.9 Å². The number of carbonyl (C=O) groups excluding carboxylic acids is 2. The van der Waals surface area contributed by atoms with Crippen molar-refractivity contribution in [2.24, 2.45) is 0 Å². The normalized spacial score (nSPS) is 15.2. The van der Waals surface area contributed by atoms with Crippen molar-refractivity contribution >= 4 is 19.8 Å². The van der Waals surface area contributed by atoms with Crippen LogP contribution in [0.4, 0.5) is 0 Å². The number of quaternary nitrogens is 1. The predicted molar refractivity (Wildman–Crippen MR) is 250 cm³/mol. The number of unbranched alkanes of at least 4 members (excludes halogenated alkanes) is 4. The summed E-state index contributed by atoms with van der Waals surface area (Å²) in [5.41, 5.74) is 0. The Labute approximate surface area is 370 Å². The van der Waals surface area contributed by atoms with Crippen molar-refractivity contribution in [3.63, 3.8) is 0 Å². The molecule has 3 atom stereocenters. The van der Waals surface area contributed by atoms with Gasteiger partial charge in [-0.2, -0.15) is 0 Å². The number of ether oxygens (including phenoxy) is 2. The maximum atomic E-state index is 12.7. The zero-order chi connectivity index (χ0) is 45.1. The highest BCUT2D eigenvalue weighted by molar-refractivity contribution is 7.45. The molecule has 0 aromatic carbocycles. The molecule has 11 heteroatoms. The van der Waals surface area contributed by atoms with Crippen molar-refractivity contribution in [2.45, 2.75) is 135 Å². The molecule has 10 nitrogen and oxygen atoms in total. The van der Waals surface area contributed by atoms with E-state index in [9.17, 15) is 24.2 Å². The topological polar surface area (TPSA) is 131 Å². The van der Waals surface area contributed by atoms with Gasteiger partial charge in [-0.05, 0) is 83.5 Å². The second kappa shape index (κ2) is 40.4. The van der Waals surface area contributed by atoms with Crippen LogP contribution in [-0.4, -0.2) is 81.2 Å². The van der Waals surface area contributed by atoms with Gasteiger partial charge in [-0.1, -0.05) is 148 Å². The lowest BCUT2D eigenvalue weighted by Gasteiger charge is -2.28. The van der Waals surface area contributed by atoms with E-state index in [1.807, 2.05) is 45.4 Å². The molecule has 0 spiro atoms. The molecule has 0 aliphatic rings. The number of rotatable bonds is 38. The Hall–Kier alpha value is -3.63. The van der Waals surface area contributed by atoms with Crippen molar-refractivity contribution in [1.82, 2.24) is 0 Å². The van der Waals surface area contributed by atoms with E-state index >= 15 is 0 Å². The zero-order valence-electron chi connectivity index (χ0n) is 38.2. The molecular formula is C50H80NO9P. The van der Waals surface area contributed by atoms with Crippen molar-refractivity contribution < 1.29 is 47.2 Å². The van der Waals surface area contributed by atoms with E-state index in [-0.39, 0.29) is 25.9 Å². The third kappa shape index (κ3) is 44.2. The molecule has 0 aliphatic heterocycles. The molecule has 61 heavy (non-hydrogen) atoms. The lowest BCUT2D eigenvalue weighted by atomic mass is 10.2. The Balaban J connectivity index is 4.70. The number of aliphatic hydroxyl groups excluding tert-OH is 1. The van der Waals surface area contributed by atoms with E-state index in [2.05, 4.69) is 98.9 Å². The number of likely N-dealkylation sites (N-methyl/N-ethyl adjacent to an activating group) is 1. The molecule has 2 unspecified atom stereocenters. The third-order valence-corrected chi connectivity index (χ3v) is 9.55. The van der Waals surface area contributed by atoms with Crippen LogP contribution in [0.25, 0.3) is 0 Å². The molecule has 0 amide bonds. The predicted octanol–water partition coefficient (Wildman–Crippen LogP) is 11.2. The highest BCUT2D eigenvalue weighted by Crippen LogP contribution is 2.38. The van der Waals surface area contributed by atoms with E-state index in [1.165, 1.54) is 19.3 Å². The zero-order valence-corrected chi connectivity index (χ0v) is 39.1. The second-order valence-electron chi connectivity index (χ2n) is 15.5. The van der Waals surface area contributed by atoms with Gasteiger partial charge in [0.2, 0.25) is 0 Å². The first-order valence-electron chi connectivity index (χ1n) is 22.4. The molecular weight excluding hydrogens is 790 g/mol. The molecule has 344 valence electrons. The molecule has 0 saturated carbocycles. The SMILES string of the molecule is CC/C=C\C/C=C\C/C=C\C/C=C\C/C=C\C=C/C(O)CCC(=O)OC[C@H](COP(=O)([O-])OCC[N+](C)(C)C)OC(=O)CCC/C=C\C/C=C\C/C=C\C/C=C\CCCCC. The van der Waals surface area contributed by atoms with E-state index in [4.69, 9.17) is 18.5 Å². The summed E-state index contributed by atoms with van der Waals surface area (Å²) < 4.78 is 33.6. The molecule has 0 rings (SSSR count). The second-order valence-corrected chi connectivity index (χ2v) is 16.9. The molecule has 0 aliphatic carbocycles. The number of hydrogen-bond donors (Lipinski definition) is 1. The summed E-state index contributed by atoms with van der Waals surface area (Å²) in [7, 11) is 0.985. The summed E-state index contributed by atoms with van der Waals surface area (Å²) in [5, 5.41) is 10.3. The quantitative estimate of drug-likeness (QED) is 0.0161. The number of phosphoric acid groups is 1. The maximum absolute atomic E-state index is 12.7. The average molecular weight is 870 g/mol. The van der Waals surface area contributed by atoms with Gasteiger partial charge in [0, 0.05) is 12.8 Å². The largest absolute Gasteiger partial charge is 0.756 e. The van der Waals surface area contributed by atoms with Gasteiger partial charge in [0.25, 0.3) is 7.82 Å². The Morgan fingerprint density at radius 2 is 1.13 bits per heavy atom. The fraction of sp³-hybridized carbons (Fsp3) is 0.560. The molecule has 0 fully saturated rings. The van der Waals surface area contributed by atoms with Crippen molar-refractivity contribution in [2.75, 3.05) is 47.5 Å². The summed E-state index contributed by atoms with van der Waals surface area (Å²) >= 11 is 0. The summed E-state index contributed by atoms with van der Waals surface area (Å²) in [4.78, 5) is 37.6. The van der Waals surface area contributed by atoms with Crippen LogP contribution in [0, 0.1) is 0 Å². The van der Waals surface area contributed by atoms with Crippen LogP contribution in [0.1, 0.15) is 123 Å². The van der Waals surface area contributed by atoms with Gasteiger partial charge < -0.3 is 33.0 Å². The first-order valence-corrected chi connectivity index (χ1v) is 23.8. The van der Waals surface area contributed by atoms with E-state index in [1.54, 1.807) is 12.2 Å². The Morgan fingerprint density at radius 3 is 1.66 bits per heavy atom. The van der Waals surface area contributed by atoms with Gasteiger partial charge in [-0.3, -0.25) is 14.2 Å². The number of nitrogens with zero attached hydrogens (tertiary/aromatic N) is 1. The number of phosphoric ester groups is 1. The summed E-state index contributed by atoms with van der Waals surface area (Å²) in [5.74, 6) is -1.20. The van der Waals surface area contributed by atoms with Crippen molar-refractivity contribution in [3.05, 3.63) is 122 Å². The highest BCUT2D eigenvalue weighted by Gasteiger charge is 2.22. The summed E-state index contributed by atoms with van der Waals surface area (Å²) in [6.07, 6.45) is 52.8. The molecule has 0 aromatic rings. The Kier molecular flexibility index (Phi) is 38.0. The first-order chi connectivity index (χ1) is 29.4. The Morgan fingerprint density at radius 1 is 0.623 bits per heavy atom. The van der Waals surface area contributed by atoms with Crippen LogP contribution in [0.2, 0.25) is 0 Å². The van der Waals surface area contributed by atoms with Gasteiger partial charge in [0.1, 0.15) is 19.8 Å². The number of carbonyl (C=O) groups is 2. The van der Waals surface area contributed by atoms with Crippen molar-refractivity contribution in [3.8, 4) is 0 Å². The molecule has 0 saturated heterocycles. The number of allylic oxidation sites excluding steroid dienone is 19. The van der Waals surface area contributed by atoms with Crippen LogP contribution >= 0.6 is 7.82 Å². The smallest absolute Gasteiger partial charge is 0.306 e. The molecule has 0 bridgehead atoms. The van der Waals surface area contributed by atoms with Crippen LogP contribution in [0.5, 0.6) is 0 Å². The minimum absolute atomic E-state index is 0.0843. The monoisotopic (exact) mass is 870 g/mol. The third-order valence-electron chi connectivity index (χ3n) is 8.58. The van der Waals surface area contributed by atoms with Crippen molar-refractivity contribution in [1.29, 1.82) is 0 Å². The molecule has 1 N–H and O–H groups in total. The molecule has 0 aromatic heterocycles. The standard InChI is InChI=1S/C50H80NO9P/c1-6-8-10-12-14-16-18-20-22-24-26-28-30-32-34-36-38-40-50(54)60-48(46-59-61(55,56)58-44-43-51(3,4)5)45-57-49(53)42-41-47(52)39-37-35-33-31-29-27-25-23-21-19-17-15-13-11-9-7-2/h9,11,14-17,20-23,26-29,32-35,37,39,47-48,52H,6-8,10,12-13,18-19,24-25,30-31,36,38,40-46H2,1-5H3/b11-9-,16-14-,17-15-,22-20-,23-21-,28-26-,29-27-,34-32-,35-33-,39-37-/t47?,48-/m1/s1. The number of esters is 2.